The van der Waals surface area contributed by atoms with Crippen LogP contribution in [0.4, 0.5) is 0 Å². The monoisotopic (exact) mass is 311 g/mol. The summed E-state index contributed by atoms with van der Waals surface area (Å²) in [4.78, 5) is 11.1. The van der Waals surface area contributed by atoms with E-state index in [1.807, 2.05) is 32.9 Å². The molecule has 0 radical (unpaired) electrons. The molecule has 0 fully saturated rings. The van der Waals surface area contributed by atoms with E-state index >= 15 is 0 Å². The molecule has 0 saturated heterocycles. The lowest BCUT2D eigenvalue weighted by atomic mass is 10.00. The van der Waals surface area contributed by atoms with E-state index in [1.54, 1.807) is 0 Å². The van der Waals surface area contributed by atoms with Crippen LogP contribution in [-0.2, 0) is 0 Å². The Morgan fingerprint density at radius 3 is 2.30 bits per heavy atom. The molecule has 0 spiro atoms. The van der Waals surface area contributed by atoms with Crippen molar-refractivity contribution in [3.05, 3.63) is 41.0 Å². The zero-order valence-corrected chi connectivity index (χ0v) is 12.8. The number of hydrogen-bond acceptors (Lipinski definition) is 5. The minimum atomic E-state index is -1.14. The lowest BCUT2D eigenvalue weighted by Gasteiger charge is -2.03. The number of benzene rings is 1. The Labute approximate surface area is 130 Å². The van der Waals surface area contributed by atoms with Gasteiger partial charge in [0, 0.05) is 22.4 Å². The summed E-state index contributed by atoms with van der Waals surface area (Å²) in [5.41, 5.74) is 2.86. The second-order valence-corrected chi connectivity index (χ2v) is 5.58. The maximum atomic E-state index is 11.1. The molecule has 0 amide bonds. The van der Waals surface area contributed by atoms with Crippen LogP contribution in [0.5, 0.6) is 0 Å². The van der Waals surface area contributed by atoms with Crippen LogP contribution in [0.2, 0.25) is 0 Å². The van der Waals surface area contributed by atoms with Crippen LogP contribution in [-0.4, -0.2) is 16.2 Å². The third kappa shape index (κ3) is 1.88. The first-order valence-electron chi connectivity index (χ1n) is 7.09. The van der Waals surface area contributed by atoms with E-state index in [-0.39, 0.29) is 5.69 Å². The molecular weight excluding hydrogens is 298 g/mol. The highest BCUT2D eigenvalue weighted by Gasteiger charge is 2.23. The molecule has 0 aliphatic carbocycles. The number of rotatable bonds is 2. The first kappa shape index (κ1) is 13.6. The van der Waals surface area contributed by atoms with E-state index in [2.05, 4.69) is 5.16 Å². The van der Waals surface area contributed by atoms with E-state index in [4.69, 9.17) is 18.5 Å². The van der Waals surface area contributed by atoms with Crippen molar-refractivity contribution >= 4 is 27.9 Å². The van der Waals surface area contributed by atoms with Gasteiger partial charge < -0.3 is 18.5 Å². The lowest BCUT2D eigenvalue weighted by Crippen LogP contribution is -1.94. The average molecular weight is 311 g/mol. The van der Waals surface area contributed by atoms with E-state index in [9.17, 15) is 4.79 Å². The van der Waals surface area contributed by atoms with Crippen molar-refractivity contribution in [2.24, 2.45) is 0 Å². The van der Waals surface area contributed by atoms with Crippen LogP contribution < -0.4 is 0 Å². The standard InChI is InChI=1S/C17H13NO5/c1-7-4-10-9(3)15-11(5-8(2)21-15)14(16(10)22-7)13-6-12(17(19)20)18-23-13/h4-6H,1-3H3,(H,19,20). The average Bonchev–Trinajstić information content (AvgIpc) is 3.17. The number of fused-ring (bicyclic) bond motifs is 2. The fourth-order valence-corrected chi connectivity index (χ4v) is 2.94. The summed E-state index contributed by atoms with van der Waals surface area (Å²) in [6.07, 6.45) is 0. The number of carboxylic acids is 1. The predicted octanol–water partition coefficient (Wildman–Crippen LogP) is 4.46. The van der Waals surface area contributed by atoms with Crippen molar-refractivity contribution in [3.8, 4) is 11.3 Å². The summed E-state index contributed by atoms with van der Waals surface area (Å²) < 4.78 is 16.9. The van der Waals surface area contributed by atoms with Crippen LogP contribution in [0.1, 0.15) is 27.6 Å². The number of aromatic carboxylic acids is 1. The fourth-order valence-electron chi connectivity index (χ4n) is 2.94. The molecule has 4 rings (SSSR count). The van der Waals surface area contributed by atoms with E-state index < -0.39 is 5.97 Å². The van der Waals surface area contributed by atoms with Gasteiger partial charge >= 0.3 is 5.97 Å². The highest BCUT2D eigenvalue weighted by Crippen LogP contribution is 2.41. The van der Waals surface area contributed by atoms with E-state index in [0.717, 1.165) is 33.4 Å². The molecule has 0 aliphatic heterocycles. The highest BCUT2D eigenvalue weighted by atomic mass is 16.5. The molecule has 1 aromatic carbocycles. The molecule has 0 atom stereocenters. The number of aromatic nitrogens is 1. The number of furan rings is 2. The molecule has 3 heterocycles. The zero-order valence-electron chi connectivity index (χ0n) is 12.8. The van der Waals surface area contributed by atoms with Gasteiger partial charge in [-0.3, -0.25) is 0 Å². The predicted molar refractivity (Wildman–Crippen MR) is 82.7 cm³/mol. The van der Waals surface area contributed by atoms with Crippen LogP contribution in [0.3, 0.4) is 0 Å². The molecule has 116 valence electrons. The molecule has 0 saturated carbocycles. The third-order valence-corrected chi connectivity index (χ3v) is 3.93. The number of carboxylic acid groups (broad SMARTS) is 1. The van der Waals surface area contributed by atoms with Gasteiger partial charge in [-0.05, 0) is 32.9 Å². The van der Waals surface area contributed by atoms with Crippen molar-refractivity contribution in [1.29, 1.82) is 0 Å². The first-order chi connectivity index (χ1) is 11.0. The van der Waals surface area contributed by atoms with Crippen LogP contribution in [0.25, 0.3) is 33.3 Å². The molecule has 1 N–H and O–H groups in total. The number of carbonyl (C=O) groups is 1. The largest absolute Gasteiger partial charge is 0.476 e. The van der Waals surface area contributed by atoms with Crippen molar-refractivity contribution in [2.75, 3.05) is 0 Å². The molecular formula is C17H13NO5. The summed E-state index contributed by atoms with van der Waals surface area (Å²) in [5, 5.41) is 14.4. The smallest absolute Gasteiger partial charge is 0.358 e. The Hall–Kier alpha value is -3.02. The van der Waals surface area contributed by atoms with Gasteiger partial charge in [0.05, 0.1) is 5.56 Å². The SMILES string of the molecule is Cc1cc2c(-c3cc(C(=O)O)no3)c3oc(C)cc3c(C)c2o1. The Kier molecular flexibility index (Phi) is 2.66. The van der Waals surface area contributed by atoms with Gasteiger partial charge in [0.1, 0.15) is 22.7 Å². The fraction of sp³-hybridized carbons (Fsp3) is 0.176. The molecule has 23 heavy (non-hydrogen) atoms. The molecule has 0 bridgehead atoms. The van der Waals surface area contributed by atoms with Gasteiger partial charge in [-0.1, -0.05) is 5.16 Å². The van der Waals surface area contributed by atoms with Crippen molar-refractivity contribution in [3.63, 3.8) is 0 Å². The topological polar surface area (TPSA) is 89.6 Å². The van der Waals surface area contributed by atoms with Crippen molar-refractivity contribution < 1.29 is 23.3 Å². The summed E-state index contributed by atoms with van der Waals surface area (Å²) in [7, 11) is 0. The van der Waals surface area contributed by atoms with Gasteiger partial charge in [0.25, 0.3) is 0 Å². The number of aryl methyl sites for hydroxylation is 3. The Morgan fingerprint density at radius 2 is 1.65 bits per heavy atom. The minimum absolute atomic E-state index is 0.148. The van der Waals surface area contributed by atoms with Gasteiger partial charge in [-0.15, -0.1) is 0 Å². The highest BCUT2D eigenvalue weighted by molar-refractivity contribution is 6.11. The molecule has 4 aromatic rings. The Bertz CT molecular complexity index is 1020. The number of hydrogen-bond donors (Lipinski definition) is 1. The zero-order chi connectivity index (χ0) is 16.3. The Morgan fingerprint density at radius 1 is 1.00 bits per heavy atom. The molecule has 6 heteroatoms. The molecule has 0 aliphatic rings. The van der Waals surface area contributed by atoms with Gasteiger partial charge in [-0.2, -0.15) is 0 Å². The maximum absolute atomic E-state index is 11.1. The van der Waals surface area contributed by atoms with Crippen LogP contribution in [0.15, 0.2) is 31.6 Å². The molecule has 3 aromatic heterocycles. The van der Waals surface area contributed by atoms with Crippen molar-refractivity contribution in [2.45, 2.75) is 20.8 Å². The van der Waals surface area contributed by atoms with Crippen LogP contribution in [0, 0.1) is 20.8 Å². The van der Waals surface area contributed by atoms with Gasteiger partial charge in [0.2, 0.25) is 0 Å². The minimum Gasteiger partial charge on any atom is -0.476 e. The molecule has 6 nitrogen and oxygen atoms in total. The van der Waals surface area contributed by atoms with Crippen LogP contribution >= 0.6 is 0 Å². The first-order valence-corrected chi connectivity index (χ1v) is 7.09. The number of nitrogens with zero attached hydrogens (tertiary/aromatic N) is 1. The van der Waals surface area contributed by atoms with Crippen molar-refractivity contribution in [1.82, 2.24) is 5.16 Å². The maximum Gasteiger partial charge on any atom is 0.358 e. The van der Waals surface area contributed by atoms with E-state index in [0.29, 0.717) is 16.9 Å². The summed E-state index contributed by atoms with van der Waals surface area (Å²) >= 11 is 0. The van der Waals surface area contributed by atoms with Gasteiger partial charge in [0.15, 0.2) is 11.5 Å². The summed E-state index contributed by atoms with van der Waals surface area (Å²) in [6, 6.07) is 5.21. The quantitative estimate of drug-likeness (QED) is 0.588. The van der Waals surface area contributed by atoms with E-state index in [1.165, 1.54) is 6.07 Å². The van der Waals surface area contributed by atoms with Gasteiger partial charge in [-0.25, -0.2) is 4.79 Å². The third-order valence-electron chi connectivity index (χ3n) is 3.93. The lowest BCUT2D eigenvalue weighted by molar-refractivity contribution is 0.0686. The summed E-state index contributed by atoms with van der Waals surface area (Å²) in [6.45, 7) is 5.69. The second kappa shape index (κ2) is 4.49. The normalized spacial score (nSPS) is 11.6. The second-order valence-electron chi connectivity index (χ2n) is 5.58. The summed E-state index contributed by atoms with van der Waals surface area (Å²) in [5.74, 6) is 0.713. The Balaban J connectivity index is 2.16. The molecule has 0 unspecified atom stereocenters.